The summed E-state index contributed by atoms with van der Waals surface area (Å²) in [6.07, 6.45) is 1.82. The Morgan fingerprint density at radius 2 is 1.72 bits per heavy atom. The Morgan fingerprint density at radius 3 is 2.28 bits per heavy atom. The second-order valence-electron chi connectivity index (χ2n) is 5.50. The molecule has 0 radical (unpaired) electrons. The molecule has 0 aliphatic carbocycles. The summed E-state index contributed by atoms with van der Waals surface area (Å²) in [5.74, 6) is 0. The number of hydrogen-bond donors (Lipinski definition) is 1. The average Bonchev–Trinajstić information content (AvgIpc) is 2.37. The van der Waals surface area contributed by atoms with Crippen LogP contribution in [0.2, 0.25) is 0 Å². The van der Waals surface area contributed by atoms with E-state index in [1.807, 2.05) is 24.4 Å². The van der Waals surface area contributed by atoms with Gasteiger partial charge in [0.05, 0.1) is 12.2 Å². The first-order valence-corrected chi connectivity index (χ1v) is 6.30. The Morgan fingerprint density at radius 1 is 1.00 bits per heavy atom. The lowest BCUT2D eigenvalue weighted by Gasteiger charge is -2.19. The molecule has 1 aromatic heterocycles. The van der Waals surface area contributed by atoms with Crippen molar-refractivity contribution in [3.05, 3.63) is 59.9 Å². The van der Waals surface area contributed by atoms with Crippen LogP contribution in [0.4, 0.5) is 5.69 Å². The summed E-state index contributed by atoms with van der Waals surface area (Å²) in [6, 6.07) is 14.6. The molecule has 0 amide bonds. The van der Waals surface area contributed by atoms with E-state index in [0.29, 0.717) is 0 Å². The maximum atomic E-state index is 4.29. The van der Waals surface area contributed by atoms with E-state index in [4.69, 9.17) is 0 Å². The number of hydrogen-bond acceptors (Lipinski definition) is 2. The second-order valence-corrected chi connectivity index (χ2v) is 5.50. The van der Waals surface area contributed by atoms with Gasteiger partial charge in [-0.1, -0.05) is 39.0 Å². The lowest BCUT2D eigenvalue weighted by Crippen LogP contribution is -2.10. The summed E-state index contributed by atoms with van der Waals surface area (Å²) in [5, 5.41) is 3.38. The normalized spacial score (nSPS) is 11.3. The SMILES string of the molecule is CC(C)(C)c1ccc(NCc2ccccn2)cc1. The fourth-order valence-electron chi connectivity index (χ4n) is 1.78. The maximum absolute atomic E-state index is 4.29. The smallest absolute Gasteiger partial charge is 0.0594 e. The highest BCUT2D eigenvalue weighted by Gasteiger charge is 2.12. The Labute approximate surface area is 109 Å². The van der Waals surface area contributed by atoms with Gasteiger partial charge >= 0.3 is 0 Å². The standard InChI is InChI=1S/C16H20N2/c1-16(2,3)13-7-9-14(10-8-13)18-12-15-6-4-5-11-17-15/h4-11,18H,12H2,1-3H3. The highest BCUT2D eigenvalue weighted by molar-refractivity contribution is 5.46. The minimum Gasteiger partial charge on any atom is -0.379 e. The molecule has 1 N–H and O–H groups in total. The molecule has 0 unspecified atom stereocenters. The molecule has 1 aromatic carbocycles. The van der Waals surface area contributed by atoms with E-state index in [9.17, 15) is 0 Å². The van der Waals surface area contributed by atoms with Crippen LogP contribution in [0.3, 0.4) is 0 Å². The molecule has 2 aromatic rings. The zero-order valence-corrected chi connectivity index (χ0v) is 11.3. The Kier molecular flexibility index (Phi) is 3.66. The minimum atomic E-state index is 0.208. The molecule has 2 nitrogen and oxygen atoms in total. The van der Waals surface area contributed by atoms with Crippen molar-refractivity contribution in [2.45, 2.75) is 32.7 Å². The van der Waals surface area contributed by atoms with E-state index in [-0.39, 0.29) is 5.41 Å². The number of anilines is 1. The van der Waals surface area contributed by atoms with Crippen LogP contribution >= 0.6 is 0 Å². The van der Waals surface area contributed by atoms with E-state index >= 15 is 0 Å². The van der Waals surface area contributed by atoms with Crippen molar-refractivity contribution in [3.63, 3.8) is 0 Å². The maximum Gasteiger partial charge on any atom is 0.0594 e. The highest BCUT2D eigenvalue weighted by atomic mass is 14.9. The third kappa shape index (κ3) is 3.33. The van der Waals surface area contributed by atoms with Gasteiger partial charge in [-0.3, -0.25) is 4.98 Å². The van der Waals surface area contributed by atoms with Crippen LogP contribution in [0.25, 0.3) is 0 Å². The zero-order valence-electron chi connectivity index (χ0n) is 11.3. The lowest BCUT2D eigenvalue weighted by molar-refractivity contribution is 0.590. The van der Waals surface area contributed by atoms with Crippen LogP contribution in [0, 0.1) is 0 Å². The molecular weight excluding hydrogens is 220 g/mol. The van der Waals surface area contributed by atoms with Crippen molar-refractivity contribution in [1.29, 1.82) is 0 Å². The van der Waals surface area contributed by atoms with Gasteiger partial charge in [0.2, 0.25) is 0 Å². The molecular formula is C16H20N2. The van der Waals surface area contributed by atoms with E-state index in [0.717, 1.165) is 17.9 Å². The number of rotatable bonds is 3. The predicted octanol–water partition coefficient (Wildman–Crippen LogP) is 3.99. The fourth-order valence-corrected chi connectivity index (χ4v) is 1.78. The Balaban J connectivity index is 1.99. The lowest BCUT2D eigenvalue weighted by atomic mass is 9.87. The zero-order chi connectivity index (χ0) is 13.0. The third-order valence-electron chi connectivity index (χ3n) is 2.95. The molecule has 94 valence electrons. The minimum absolute atomic E-state index is 0.208. The molecule has 0 aliphatic rings. The fraction of sp³-hybridized carbons (Fsp3) is 0.312. The van der Waals surface area contributed by atoms with E-state index in [1.54, 1.807) is 0 Å². The van der Waals surface area contributed by atoms with Gasteiger partial charge < -0.3 is 5.32 Å². The molecule has 2 heteroatoms. The Hall–Kier alpha value is -1.83. The topological polar surface area (TPSA) is 24.9 Å². The summed E-state index contributed by atoms with van der Waals surface area (Å²) in [5.41, 5.74) is 3.75. The van der Waals surface area contributed by atoms with Gasteiger partial charge in [-0.25, -0.2) is 0 Å². The molecule has 2 rings (SSSR count). The quantitative estimate of drug-likeness (QED) is 0.877. The summed E-state index contributed by atoms with van der Waals surface area (Å²) in [4.78, 5) is 4.29. The van der Waals surface area contributed by atoms with E-state index in [2.05, 4.69) is 55.3 Å². The molecule has 0 aliphatic heterocycles. The van der Waals surface area contributed by atoms with Gasteiger partial charge in [0.15, 0.2) is 0 Å². The molecule has 0 bridgehead atoms. The Bertz CT molecular complexity index is 481. The van der Waals surface area contributed by atoms with E-state index < -0.39 is 0 Å². The first kappa shape index (κ1) is 12.6. The first-order chi connectivity index (χ1) is 8.55. The molecule has 1 heterocycles. The number of nitrogens with one attached hydrogen (secondary N) is 1. The molecule has 0 saturated carbocycles. The highest BCUT2D eigenvalue weighted by Crippen LogP contribution is 2.23. The number of nitrogens with zero attached hydrogens (tertiary/aromatic N) is 1. The average molecular weight is 240 g/mol. The number of benzene rings is 1. The van der Waals surface area contributed by atoms with Crippen molar-refractivity contribution in [1.82, 2.24) is 4.98 Å². The van der Waals surface area contributed by atoms with Crippen molar-refractivity contribution in [2.75, 3.05) is 5.32 Å². The number of pyridine rings is 1. The van der Waals surface area contributed by atoms with Gasteiger partial charge in [-0.05, 0) is 35.2 Å². The summed E-state index contributed by atoms with van der Waals surface area (Å²) >= 11 is 0. The van der Waals surface area contributed by atoms with Crippen molar-refractivity contribution >= 4 is 5.69 Å². The van der Waals surface area contributed by atoms with Crippen LogP contribution in [0.1, 0.15) is 32.0 Å². The van der Waals surface area contributed by atoms with Crippen LogP contribution in [-0.2, 0) is 12.0 Å². The first-order valence-electron chi connectivity index (χ1n) is 6.30. The molecule has 0 fully saturated rings. The van der Waals surface area contributed by atoms with Crippen LogP contribution < -0.4 is 5.32 Å². The van der Waals surface area contributed by atoms with Crippen molar-refractivity contribution < 1.29 is 0 Å². The van der Waals surface area contributed by atoms with Gasteiger partial charge in [0, 0.05) is 11.9 Å². The number of aromatic nitrogens is 1. The molecule has 0 atom stereocenters. The van der Waals surface area contributed by atoms with Crippen LogP contribution in [0.5, 0.6) is 0 Å². The van der Waals surface area contributed by atoms with Gasteiger partial charge in [-0.15, -0.1) is 0 Å². The predicted molar refractivity (Wildman–Crippen MR) is 76.7 cm³/mol. The third-order valence-corrected chi connectivity index (χ3v) is 2.95. The van der Waals surface area contributed by atoms with Gasteiger partial charge in [0.1, 0.15) is 0 Å². The van der Waals surface area contributed by atoms with Crippen molar-refractivity contribution in [3.8, 4) is 0 Å². The van der Waals surface area contributed by atoms with Crippen molar-refractivity contribution in [2.24, 2.45) is 0 Å². The molecule has 0 spiro atoms. The van der Waals surface area contributed by atoms with Gasteiger partial charge in [-0.2, -0.15) is 0 Å². The van der Waals surface area contributed by atoms with Crippen LogP contribution in [-0.4, -0.2) is 4.98 Å². The summed E-state index contributed by atoms with van der Waals surface area (Å²) in [6.45, 7) is 7.44. The van der Waals surface area contributed by atoms with Gasteiger partial charge in [0.25, 0.3) is 0 Å². The second kappa shape index (κ2) is 5.21. The largest absolute Gasteiger partial charge is 0.379 e. The molecule has 18 heavy (non-hydrogen) atoms. The summed E-state index contributed by atoms with van der Waals surface area (Å²) < 4.78 is 0. The van der Waals surface area contributed by atoms with Crippen LogP contribution in [0.15, 0.2) is 48.7 Å². The monoisotopic (exact) mass is 240 g/mol. The molecule has 0 saturated heterocycles. The van der Waals surface area contributed by atoms with E-state index in [1.165, 1.54) is 5.56 Å². The summed E-state index contributed by atoms with van der Waals surface area (Å²) in [7, 11) is 0.